The number of ether oxygens (including phenoxy) is 2. The molecule has 27 heavy (non-hydrogen) atoms. The lowest BCUT2D eigenvalue weighted by atomic mass is 10.0. The minimum absolute atomic E-state index is 0.0165. The van der Waals surface area contributed by atoms with Crippen LogP contribution < -0.4 is 4.90 Å². The Bertz CT molecular complexity index is 787. The quantitative estimate of drug-likeness (QED) is 0.824. The highest BCUT2D eigenvalue weighted by Crippen LogP contribution is 2.27. The molecule has 0 aliphatic carbocycles. The van der Waals surface area contributed by atoms with Crippen molar-refractivity contribution >= 4 is 11.6 Å². The van der Waals surface area contributed by atoms with Gasteiger partial charge in [0.05, 0.1) is 31.6 Å². The van der Waals surface area contributed by atoms with E-state index in [9.17, 15) is 9.18 Å². The number of halogens is 1. The van der Waals surface area contributed by atoms with Gasteiger partial charge in [-0.2, -0.15) is 0 Å². The van der Waals surface area contributed by atoms with E-state index in [0.29, 0.717) is 32.8 Å². The number of carbonyl (C=O) groups excluding carboxylic acids is 1. The molecule has 1 aromatic carbocycles. The lowest BCUT2D eigenvalue weighted by molar-refractivity contribution is -0.146. The van der Waals surface area contributed by atoms with Gasteiger partial charge < -0.3 is 14.4 Å². The van der Waals surface area contributed by atoms with Crippen LogP contribution in [0.4, 0.5) is 10.1 Å². The van der Waals surface area contributed by atoms with Crippen molar-refractivity contribution in [2.75, 3.05) is 44.4 Å². The second-order valence-corrected chi connectivity index (χ2v) is 7.05. The summed E-state index contributed by atoms with van der Waals surface area (Å²) < 4.78 is 25.0. The van der Waals surface area contributed by atoms with Gasteiger partial charge in [0, 0.05) is 25.8 Å². The van der Waals surface area contributed by atoms with Crippen LogP contribution >= 0.6 is 0 Å². The van der Waals surface area contributed by atoms with Crippen molar-refractivity contribution in [3.05, 3.63) is 60.2 Å². The fourth-order valence-corrected chi connectivity index (χ4v) is 3.61. The molecule has 142 valence electrons. The second kappa shape index (κ2) is 7.72. The number of hydrogen-bond acceptors (Lipinski definition) is 5. The van der Waals surface area contributed by atoms with Crippen LogP contribution in [0.5, 0.6) is 0 Å². The molecule has 1 unspecified atom stereocenters. The zero-order chi connectivity index (χ0) is 18.7. The van der Waals surface area contributed by atoms with Crippen molar-refractivity contribution in [2.45, 2.75) is 12.1 Å². The first-order valence-electron chi connectivity index (χ1n) is 9.02. The van der Waals surface area contributed by atoms with Crippen LogP contribution in [0.1, 0.15) is 5.56 Å². The topological polar surface area (TPSA) is 54.9 Å². The number of nitrogens with zero attached hydrogens (tertiary/aromatic N) is 3. The Hall–Kier alpha value is -2.35. The highest BCUT2D eigenvalue weighted by Gasteiger charge is 2.43. The van der Waals surface area contributed by atoms with E-state index >= 15 is 0 Å². The number of benzene rings is 1. The smallest absolute Gasteiger partial charge is 0.253 e. The summed E-state index contributed by atoms with van der Waals surface area (Å²) in [6.45, 7) is 3.51. The predicted octanol–water partition coefficient (Wildman–Crippen LogP) is 1.86. The Kier molecular flexibility index (Phi) is 5.15. The van der Waals surface area contributed by atoms with E-state index in [0.717, 1.165) is 17.8 Å². The van der Waals surface area contributed by atoms with E-state index < -0.39 is 5.60 Å². The normalized spacial score (nSPS) is 24.2. The van der Waals surface area contributed by atoms with Crippen molar-refractivity contribution < 1.29 is 18.7 Å². The van der Waals surface area contributed by atoms with Gasteiger partial charge in [0.15, 0.2) is 0 Å². The van der Waals surface area contributed by atoms with Crippen LogP contribution in [0.2, 0.25) is 0 Å². The van der Waals surface area contributed by atoms with Crippen molar-refractivity contribution in [3.63, 3.8) is 0 Å². The van der Waals surface area contributed by atoms with Gasteiger partial charge >= 0.3 is 0 Å². The fraction of sp³-hybridized carbons (Fsp3) is 0.400. The SMILES string of the molecule is O=C1COC2(COCCN(Cc3ccc(F)cc3)C2)CN1c1cccnc1. The highest BCUT2D eigenvalue weighted by atomic mass is 19.1. The van der Waals surface area contributed by atoms with Gasteiger partial charge in [0.2, 0.25) is 0 Å². The largest absolute Gasteiger partial charge is 0.377 e. The molecule has 2 aliphatic rings. The number of carbonyl (C=O) groups is 1. The maximum Gasteiger partial charge on any atom is 0.253 e. The molecule has 1 atom stereocenters. The van der Waals surface area contributed by atoms with Crippen LogP contribution in [0.3, 0.4) is 0 Å². The maximum atomic E-state index is 13.2. The van der Waals surface area contributed by atoms with Gasteiger partial charge in [-0.25, -0.2) is 4.39 Å². The Balaban J connectivity index is 1.52. The van der Waals surface area contributed by atoms with Crippen molar-refractivity contribution in [1.29, 1.82) is 0 Å². The molecule has 2 aliphatic heterocycles. The lowest BCUT2D eigenvalue weighted by Gasteiger charge is -2.43. The summed E-state index contributed by atoms with van der Waals surface area (Å²) >= 11 is 0. The molecule has 0 N–H and O–H groups in total. The van der Waals surface area contributed by atoms with Crippen LogP contribution in [-0.2, 0) is 20.8 Å². The number of anilines is 1. The summed E-state index contributed by atoms with van der Waals surface area (Å²) in [4.78, 5) is 20.5. The molecule has 0 saturated carbocycles. The van der Waals surface area contributed by atoms with Gasteiger partial charge in [0.1, 0.15) is 18.0 Å². The molecule has 6 nitrogen and oxygen atoms in total. The highest BCUT2D eigenvalue weighted by molar-refractivity contribution is 5.95. The average Bonchev–Trinajstić information content (AvgIpc) is 2.89. The zero-order valence-corrected chi connectivity index (χ0v) is 15.0. The van der Waals surface area contributed by atoms with Crippen LogP contribution in [0.25, 0.3) is 0 Å². The molecule has 0 bridgehead atoms. The molecule has 4 rings (SSSR count). The molecule has 1 amide bonds. The number of pyridine rings is 1. The number of hydrogen-bond donors (Lipinski definition) is 0. The molecule has 1 aromatic heterocycles. The fourth-order valence-electron chi connectivity index (χ4n) is 3.61. The standard InChI is InChI=1S/C20H22FN3O3/c21-17-5-3-16(4-6-17)11-23-8-9-26-15-20(13-23)14-24(19(25)12-27-20)18-2-1-7-22-10-18/h1-7,10H,8-9,11-15H2. The van der Waals surface area contributed by atoms with E-state index in [-0.39, 0.29) is 18.3 Å². The van der Waals surface area contributed by atoms with Crippen molar-refractivity contribution in [3.8, 4) is 0 Å². The van der Waals surface area contributed by atoms with Gasteiger partial charge in [-0.05, 0) is 29.8 Å². The molecule has 3 heterocycles. The van der Waals surface area contributed by atoms with E-state index in [1.807, 2.05) is 12.1 Å². The summed E-state index contributed by atoms with van der Waals surface area (Å²) in [5.74, 6) is -0.321. The molecule has 2 aromatic rings. The Morgan fingerprint density at radius 2 is 2.04 bits per heavy atom. The van der Waals surface area contributed by atoms with E-state index in [1.54, 1.807) is 29.4 Å². The molecule has 2 saturated heterocycles. The third-order valence-corrected chi connectivity index (χ3v) is 4.95. The minimum atomic E-state index is -0.597. The zero-order valence-electron chi connectivity index (χ0n) is 15.0. The van der Waals surface area contributed by atoms with Crippen molar-refractivity contribution in [1.82, 2.24) is 9.88 Å². The molecular formula is C20H22FN3O3. The first-order valence-corrected chi connectivity index (χ1v) is 9.02. The summed E-state index contributed by atoms with van der Waals surface area (Å²) in [7, 11) is 0. The van der Waals surface area contributed by atoms with Crippen molar-refractivity contribution in [2.24, 2.45) is 0 Å². The van der Waals surface area contributed by atoms with Gasteiger partial charge in [0.25, 0.3) is 5.91 Å². The maximum absolute atomic E-state index is 13.2. The third-order valence-electron chi connectivity index (χ3n) is 4.95. The van der Waals surface area contributed by atoms with E-state index in [2.05, 4.69) is 9.88 Å². The molecule has 0 radical (unpaired) electrons. The van der Waals surface area contributed by atoms with E-state index in [1.165, 1.54) is 12.1 Å². The first kappa shape index (κ1) is 18.0. The second-order valence-electron chi connectivity index (χ2n) is 7.05. The summed E-state index contributed by atoms with van der Waals surface area (Å²) in [6.07, 6.45) is 3.37. The summed E-state index contributed by atoms with van der Waals surface area (Å²) in [5.41, 5.74) is 1.20. The minimum Gasteiger partial charge on any atom is -0.377 e. The van der Waals surface area contributed by atoms with Gasteiger partial charge in [-0.15, -0.1) is 0 Å². The average molecular weight is 371 g/mol. The number of rotatable bonds is 3. The third kappa shape index (κ3) is 4.16. The Morgan fingerprint density at radius 1 is 1.19 bits per heavy atom. The number of morpholine rings is 1. The predicted molar refractivity (Wildman–Crippen MR) is 97.8 cm³/mol. The van der Waals surface area contributed by atoms with Crippen LogP contribution in [0.15, 0.2) is 48.8 Å². The first-order chi connectivity index (χ1) is 13.1. The van der Waals surface area contributed by atoms with Crippen LogP contribution in [0, 0.1) is 5.82 Å². The molecule has 7 heteroatoms. The summed E-state index contributed by atoms with van der Waals surface area (Å²) in [5, 5.41) is 0. The summed E-state index contributed by atoms with van der Waals surface area (Å²) in [6, 6.07) is 10.2. The number of aromatic nitrogens is 1. The monoisotopic (exact) mass is 371 g/mol. The van der Waals surface area contributed by atoms with Gasteiger partial charge in [-0.3, -0.25) is 14.7 Å². The Morgan fingerprint density at radius 3 is 2.81 bits per heavy atom. The lowest BCUT2D eigenvalue weighted by Crippen LogP contribution is -2.60. The molecule has 2 fully saturated rings. The number of amides is 1. The van der Waals surface area contributed by atoms with E-state index in [4.69, 9.17) is 9.47 Å². The molecular weight excluding hydrogens is 349 g/mol. The Labute approximate surface area is 157 Å². The van der Waals surface area contributed by atoms with Gasteiger partial charge in [-0.1, -0.05) is 12.1 Å². The molecule has 1 spiro atoms. The van der Waals surface area contributed by atoms with Crippen LogP contribution in [-0.4, -0.2) is 60.8 Å².